The Hall–Kier alpha value is -2.82. The first-order valence-electron chi connectivity index (χ1n) is 8.61. The highest BCUT2D eigenvalue weighted by molar-refractivity contribution is 7.99. The fraction of sp³-hybridized carbons (Fsp3) is 0.105. The molecule has 0 aliphatic carbocycles. The van der Waals surface area contributed by atoms with Gasteiger partial charge in [0.05, 0.1) is 16.3 Å². The number of thioether (sulfide) groups is 1. The van der Waals surface area contributed by atoms with Gasteiger partial charge in [0.1, 0.15) is 0 Å². The first kappa shape index (κ1) is 19.5. The van der Waals surface area contributed by atoms with Gasteiger partial charge in [-0.2, -0.15) is 0 Å². The van der Waals surface area contributed by atoms with Crippen LogP contribution >= 0.6 is 34.4 Å². The Morgan fingerprint density at radius 1 is 1.24 bits per heavy atom. The summed E-state index contributed by atoms with van der Waals surface area (Å²) in [5.74, 6) is 0.788. The average molecular weight is 441 g/mol. The quantitative estimate of drug-likeness (QED) is 0.322. The molecule has 0 atom stereocenters. The molecule has 4 aromatic heterocycles. The molecule has 4 rings (SSSR count). The molecule has 4 heterocycles. The highest BCUT2D eigenvalue weighted by atomic mass is 32.2. The van der Waals surface area contributed by atoms with Crippen molar-refractivity contribution in [3.05, 3.63) is 60.1 Å². The zero-order valence-electron chi connectivity index (χ0n) is 15.2. The monoisotopic (exact) mass is 440 g/mol. The van der Waals surface area contributed by atoms with Crippen LogP contribution in [0.25, 0.3) is 22.0 Å². The number of anilines is 1. The molecule has 0 radical (unpaired) electrons. The van der Waals surface area contributed by atoms with Gasteiger partial charge in [-0.05, 0) is 23.6 Å². The van der Waals surface area contributed by atoms with Crippen LogP contribution in [0.3, 0.4) is 0 Å². The summed E-state index contributed by atoms with van der Waals surface area (Å²) >= 11 is 4.36. The number of allylic oxidation sites excluding steroid dienone is 1. The predicted molar refractivity (Wildman–Crippen MR) is 118 cm³/mol. The molecule has 0 bridgehead atoms. The van der Waals surface area contributed by atoms with E-state index in [0.717, 1.165) is 22.0 Å². The zero-order valence-corrected chi connectivity index (χ0v) is 17.6. The summed E-state index contributed by atoms with van der Waals surface area (Å²) in [6.07, 6.45) is 5.20. The molecule has 1 N–H and O–H groups in total. The van der Waals surface area contributed by atoms with Crippen LogP contribution < -0.4 is 5.32 Å². The van der Waals surface area contributed by atoms with Crippen molar-refractivity contribution >= 4 is 45.5 Å². The smallest absolute Gasteiger partial charge is 0.236 e. The molecule has 4 aromatic rings. The Kier molecular flexibility index (Phi) is 6.13. The number of aromatic nitrogens is 5. The molecular formula is C19H16N6OS3. The summed E-state index contributed by atoms with van der Waals surface area (Å²) < 4.78 is 1.93. The molecule has 7 nitrogen and oxygen atoms in total. The molecule has 0 saturated carbocycles. The van der Waals surface area contributed by atoms with Gasteiger partial charge in [0.15, 0.2) is 16.1 Å². The van der Waals surface area contributed by atoms with Crippen molar-refractivity contribution < 1.29 is 4.79 Å². The molecule has 0 spiro atoms. The van der Waals surface area contributed by atoms with Crippen molar-refractivity contribution in [1.82, 2.24) is 24.7 Å². The van der Waals surface area contributed by atoms with Crippen molar-refractivity contribution in [3.8, 4) is 22.0 Å². The molecule has 1 amide bonds. The number of amides is 1. The lowest BCUT2D eigenvalue weighted by molar-refractivity contribution is -0.113. The summed E-state index contributed by atoms with van der Waals surface area (Å²) in [7, 11) is 0. The van der Waals surface area contributed by atoms with Crippen molar-refractivity contribution in [1.29, 1.82) is 0 Å². The molecule has 146 valence electrons. The minimum Gasteiger partial charge on any atom is -0.301 e. The van der Waals surface area contributed by atoms with Crippen LogP contribution in [-0.2, 0) is 11.3 Å². The minimum atomic E-state index is -0.138. The number of thiazole rings is 1. The first-order chi connectivity index (χ1) is 14.2. The van der Waals surface area contributed by atoms with E-state index in [4.69, 9.17) is 0 Å². The Morgan fingerprint density at radius 2 is 2.10 bits per heavy atom. The molecule has 0 fully saturated rings. The summed E-state index contributed by atoms with van der Waals surface area (Å²) in [5.41, 5.74) is 1.79. The third kappa shape index (κ3) is 4.61. The van der Waals surface area contributed by atoms with Gasteiger partial charge in [-0.25, -0.2) is 4.98 Å². The fourth-order valence-corrected chi connectivity index (χ4v) is 4.79. The SMILES string of the molecule is C=CCn1c(SCC(=O)Nc2nc(-c3cccs3)cs2)nnc1-c1ccncc1. The number of carbonyl (C=O) groups excluding carboxylic acids is 1. The number of thiophene rings is 1. The number of hydrogen-bond acceptors (Lipinski definition) is 8. The van der Waals surface area contributed by atoms with Crippen molar-refractivity contribution in [2.24, 2.45) is 0 Å². The van der Waals surface area contributed by atoms with E-state index in [0.29, 0.717) is 16.8 Å². The van der Waals surface area contributed by atoms with E-state index in [1.54, 1.807) is 29.8 Å². The van der Waals surface area contributed by atoms with E-state index >= 15 is 0 Å². The maximum atomic E-state index is 12.4. The molecule has 0 aliphatic rings. The number of nitrogens with zero attached hydrogens (tertiary/aromatic N) is 5. The Morgan fingerprint density at radius 3 is 2.86 bits per heavy atom. The van der Waals surface area contributed by atoms with Crippen LogP contribution in [0.5, 0.6) is 0 Å². The van der Waals surface area contributed by atoms with Crippen LogP contribution in [0.1, 0.15) is 0 Å². The highest BCUT2D eigenvalue weighted by Crippen LogP contribution is 2.29. The maximum Gasteiger partial charge on any atom is 0.236 e. The van der Waals surface area contributed by atoms with Crippen LogP contribution in [0.4, 0.5) is 5.13 Å². The van der Waals surface area contributed by atoms with Gasteiger partial charge in [-0.15, -0.1) is 39.4 Å². The van der Waals surface area contributed by atoms with Crippen LogP contribution in [0.15, 0.2) is 65.2 Å². The number of rotatable bonds is 8. The van der Waals surface area contributed by atoms with Crippen molar-refractivity contribution in [3.63, 3.8) is 0 Å². The average Bonchev–Trinajstić information content (AvgIpc) is 3.49. The van der Waals surface area contributed by atoms with Gasteiger partial charge >= 0.3 is 0 Å². The van der Waals surface area contributed by atoms with Gasteiger partial charge in [0.2, 0.25) is 5.91 Å². The third-order valence-electron chi connectivity index (χ3n) is 3.82. The minimum absolute atomic E-state index is 0.138. The largest absolute Gasteiger partial charge is 0.301 e. The molecule has 0 unspecified atom stereocenters. The summed E-state index contributed by atoms with van der Waals surface area (Å²) in [5, 5.41) is 16.6. The summed E-state index contributed by atoms with van der Waals surface area (Å²) in [4.78, 5) is 22.0. The Labute approximate surface area is 179 Å². The number of carbonyl (C=O) groups is 1. The lowest BCUT2D eigenvalue weighted by Crippen LogP contribution is -2.14. The Bertz CT molecular complexity index is 1100. The second kappa shape index (κ2) is 9.12. The molecule has 10 heteroatoms. The van der Waals surface area contributed by atoms with Gasteiger partial charge in [-0.3, -0.25) is 14.3 Å². The van der Waals surface area contributed by atoms with Gasteiger partial charge < -0.3 is 5.32 Å². The van der Waals surface area contributed by atoms with Crippen LogP contribution in [0, 0.1) is 0 Å². The normalized spacial score (nSPS) is 10.8. The Balaban J connectivity index is 1.41. The standard InChI is InChI=1S/C19H16N6OS3/c1-2-9-25-17(13-5-7-20-8-6-13)23-24-19(25)29-12-16(26)22-18-21-14(11-28-18)15-4-3-10-27-15/h2-8,10-11H,1,9,12H2,(H,21,22,26). The van der Waals surface area contributed by atoms with Gasteiger partial charge in [-0.1, -0.05) is 23.9 Å². The number of nitrogens with one attached hydrogen (secondary N) is 1. The first-order valence-corrected chi connectivity index (χ1v) is 11.4. The highest BCUT2D eigenvalue weighted by Gasteiger charge is 2.15. The van der Waals surface area contributed by atoms with Crippen LogP contribution in [-0.4, -0.2) is 36.4 Å². The topological polar surface area (TPSA) is 85.6 Å². The number of hydrogen-bond donors (Lipinski definition) is 1. The second-order valence-corrected chi connectivity index (χ2v) is 8.54. The third-order valence-corrected chi connectivity index (χ3v) is 6.44. The molecule has 0 aliphatic heterocycles. The van der Waals surface area contributed by atoms with Crippen molar-refractivity contribution in [2.75, 3.05) is 11.1 Å². The van der Waals surface area contributed by atoms with E-state index in [9.17, 15) is 4.79 Å². The van der Waals surface area contributed by atoms with Crippen LogP contribution in [0.2, 0.25) is 0 Å². The summed E-state index contributed by atoms with van der Waals surface area (Å²) in [6, 6.07) is 7.73. The lowest BCUT2D eigenvalue weighted by atomic mass is 10.2. The molecule has 0 aromatic carbocycles. The molecule has 0 saturated heterocycles. The van der Waals surface area contributed by atoms with E-state index in [2.05, 4.69) is 32.1 Å². The van der Waals surface area contributed by atoms with Gasteiger partial charge in [0.25, 0.3) is 0 Å². The lowest BCUT2D eigenvalue weighted by Gasteiger charge is -2.07. The summed E-state index contributed by atoms with van der Waals surface area (Å²) in [6.45, 7) is 4.35. The molecular weight excluding hydrogens is 424 g/mol. The number of pyridine rings is 1. The fourth-order valence-electron chi connectivity index (χ4n) is 2.56. The van der Waals surface area contributed by atoms with E-state index in [1.165, 1.54) is 23.1 Å². The second-order valence-electron chi connectivity index (χ2n) is 5.79. The van der Waals surface area contributed by atoms with E-state index in [1.807, 2.05) is 39.6 Å². The zero-order chi connectivity index (χ0) is 20.1. The van der Waals surface area contributed by atoms with Crippen molar-refractivity contribution in [2.45, 2.75) is 11.7 Å². The maximum absolute atomic E-state index is 12.4. The van der Waals surface area contributed by atoms with E-state index in [-0.39, 0.29) is 11.7 Å². The molecule has 29 heavy (non-hydrogen) atoms. The van der Waals surface area contributed by atoms with Gasteiger partial charge in [0, 0.05) is 29.9 Å². The predicted octanol–water partition coefficient (Wildman–Crippen LogP) is 4.44. The van der Waals surface area contributed by atoms with E-state index < -0.39 is 0 Å².